The van der Waals surface area contributed by atoms with E-state index in [1.165, 1.54) is 12.8 Å². The zero-order valence-electron chi connectivity index (χ0n) is 14.4. The Hall–Kier alpha value is -1.79. The molecule has 6 heteroatoms. The minimum absolute atomic E-state index is 0.173. The maximum atomic E-state index is 6.09. The van der Waals surface area contributed by atoms with Crippen LogP contribution in [0.4, 0.5) is 0 Å². The number of hydrogen-bond acceptors (Lipinski definition) is 4. The molecule has 0 amide bonds. The standard InChI is InChI=1S/C18H28N4O2/c1-23-13-11-22(14-6-7-14)10-9-20-18(19)21-16-8-12-24-17-5-3-2-4-15(16)17/h2-5,14,16H,6-13H2,1H3,(H3,19,20,21). The first-order valence-corrected chi connectivity index (χ1v) is 8.79. The van der Waals surface area contributed by atoms with Crippen molar-refractivity contribution in [2.24, 2.45) is 10.7 Å². The number of hydrogen-bond donors (Lipinski definition) is 2. The van der Waals surface area contributed by atoms with E-state index in [2.05, 4.69) is 21.3 Å². The number of para-hydroxylation sites is 1. The van der Waals surface area contributed by atoms with Crippen LogP contribution < -0.4 is 15.8 Å². The molecule has 1 atom stereocenters. The molecule has 1 saturated carbocycles. The predicted molar refractivity (Wildman–Crippen MR) is 95.4 cm³/mol. The molecule has 0 aromatic heterocycles. The Morgan fingerprint density at radius 2 is 2.17 bits per heavy atom. The van der Waals surface area contributed by atoms with Crippen molar-refractivity contribution in [1.29, 1.82) is 0 Å². The lowest BCUT2D eigenvalue weighted by Gasteiger charge is -2.27. The molecule has 2 aliphatic rings. The van der Waals surface area contributed by atoms with Crippen molar-refractivity contribution in [1.82, 2.24) is 10.2 Å². The van der Waals surface area contributed by atoms with Crippen LogP contribution in [0.2, 0.25) is 0 Å². The molecule has 1 heterocycles. The number of methoxy groups -OCH3 is 1. The second-order valence-corrected chi connectivity index (χ2v) is 6.40. The molecule has 3 N–H and O–H groups in total. The summed E-state index contributed by atoms with van der Waals surface area (Å²) < 4.78 is 10.9. The highest BCUT2D eigenvalue weighted by atomic mass is 16.5. The van der Waals surface area contributed by atoms with Crippen LogP contribution in [0.25, 0.3) is 0 Å². The molecule has 0 spiro atoms. The van der Waals surface area contributed by atoms with E-state index in [0.29, 0.717) is 25.2 Å². The second kappa shape index (κ2) is 8.35. The molecule has 1 unspecified atom stereocenters. The summed E-state index contributed by atoms with van der Waals surface area (Å²) in [5, 5.41) is 3.34. The third kappa shape index (κ3) is 4.61. The first kappa shape index (κ1) is 17.0. The van der Waals surface area contributed by atoms with Crippen molar-refractivity contribution in [2.75, 3.05) is 40.0 Å². The van der Waals surface area contributed by atoms with Gasteiger partial charge in [0.1, 0.15) is 5.75 Å². The molecule has 1 fully saturated rings. The van der Waals surface area contributed by atoms with E-state index in [0.717, 1.165) is 37.4 Å². The fraction of sp³-hybridized carbons (Fsp3) is 0.611. The van der Waals surface area contributed by atoms with Crippen molar-refractivity contribution in [3.8, 4) is 5.75 Å². The highest BCUT2D eigenvalue weighted by molar-refractivity contribution is 5.78. The Bertz CT molecular complexity index is 560. The van der Waals surface area contributed by atoms with E-state index >= 15 is 0 Å². The van der Waals surface area contributed by atoms with Crippen LogP contribution >= 0.6 is 0 Å². The molecular weight excluding hydrogens is 304 g/mol. The molecular formula is C18H28N4O2. The SMILES string of the molecule is COCCN(CCN=C(N)NC1CCOc2ccccc21)C1CC1. The van der Waals surface area contributed by atoms with E-state index in [9.17, 15) is 0 Å². The summed E-state index contributed by atoms with van der Waals surface area (Å²) in [7, 11) is 1.75. The number of benzene rings is 1. The molecule has 0 bridgehead atoms. The molecule has 6 nitrogen and oxygen atoms in total. The van der Waals surface area contributed by atoms with Gasteiger partial charge in [0.2, 0.25) is 0 Å². The number of guanidine groups is 1. The van der Waals surface area contributed by atoms with Crippen molar-refractivity contribution in [3.63, 3.8) is 0 Å². The number of ether oxygens (including phenoxy) is 2. The number of rotatable bonds is 8. The smallest absolute Gasteiger partial charge is 0.189 e. The van der Waals surface area contributed by atoms with Gasteiger partial charge in [-0.2, -0.15) is 0 Å². The molecule has 1 aliphatic heterocycles. The van der Waals surface area contributed by atoms with E-state index in [4.69, 9.17) is 15.2 Å². The molecule has 0 saturated heterocycles. The lowest BCUT2D eigenvalue weighted by Crippen LogP contribution is -2.38. The van der Waals surface area contributed by atoms with Gasteiger partial charge in [0, 0.05) is 38.2 Å². The first-order chi connectivity index (χ1) is 11.8. The van der Waals surface area contributed by atoms with E-state index in [-0.39, 0.29) is 6.04 Å². The Balaban J connectivity index is 1.49. The Labute approximate surface area is 144 Å². The van der Waals surface area contributed by atoms with Gasteiger partial charge in [-0.25, -0.2) is 0 Å². The lowest BCUT2D eigenvalue weighted by molar-refractivity contribution is 0.145. The normalized spacial score (nSPS) is 20.6. The van der Waals surface area contributed by atoms with Crippen LogP contribution in [0.1, 0.15) is 30.9 Å². The number of nitrogens with zero attached hydrogens (tertiary/aromatic N) is 2. The molecule has 0 radical (unpaired) electrons. The highest BCUT2D eigenvalue weighted by Crippen LogP contribution is 2.31. The first-order valence-electron chi connectivity index (χ1n) is 8.79. The van der Waals surface area contributed by atoms with Crippen LogP contribution in [0.15, 0.2) is 29.3 Å². The summed E-state index contributed by atoms with van der Waals surface area (Å²) in [6, 6.07) is 8.99. The van der Waals surface area contributed by atoms with E-state index in [1.807, 2.05) is 18.2 Å². The molecule has 132 valence electrons. The topological polar surface area (TPSA) is 72.1 Å². The fourth-order valence-electron chi connectivity index (χ4n) is 3.14. The average molecular weight is 332 g/mol. The summed E-state index contributed by atoms with van der Waals surface area (Å²) in [6.07, 6.45) is 3.48. The summed E-state index contributed by atoms with van der Waals surface area (Å²) in [4.78, 5) is 6.96. The lowest BCUT2D eigenvalue weighted by atomic mass is 10.0. The highest BCUT2D eigenvalue weighted by Gasteiger charge is 2.28. The maximum Gasteiger partial charge on any atom is 0.189 e. The number of nitrogens with two attached hydrogens (primary N) is 1. The van der Waals surface area contributed by atoms with Crippen molar-refractivity contribution in [3.05, 3.63) is 29.8 Å². The summed E-state index contributed by atoms with van der Waals surface area (Å²) in [5.74, 6) is 1.45. The number of nitrogens with one attached hydrogen (secondary N) is 1. The Morgan fingerprint density at radius 1 is 1.33 bits per heavy atom. The molecule has 1 aromatic carbocycles. The second-order valence-electron chi connectivity index (χ2n) is 6.40. The van der Waals surface area contributed by atoms with Gasteiger partial charge in [-0.15, -0.1) is 0 Å². The van der Waals surface area contributed by atoms with Gasteiger partial charge in [-0.05, 0) is 18.9 Å². The predicted octanol–water partition coefficient (Wildman–Crippen LogP) is 1.53. The average Bonchev–Trinajstić information content (AvgIpc) is 3.43. The fourth-order valence-corrected chi connectivity index (χ4v) is 3.14. The Kier molecular flexibility index (Phi) is 5.93. The largest absolute Gasteiger partial charge is 0.493 e. The third-order valence-electron chi connectivity index (χ3n) is 4.60. The van der Waals surface area contributed by atoms with Crippen LogP contribution in [0, 0.1) is 0 Å². The zero-order chi connectivity index (χ0) is 16.8. The van der Waals surface area contributed by atoms with Crippen molar-refractivity contribution in [2.45, 2.75) is 31.3 Å². The maximum absolute atomic E-state index is 6.09. The molecule has 24 heavy (non-hydrogen) atoms. The van der Waals surface area contributed by atoms with Crippen LogP contribution in [0.3, 0.4) is 0 Å². The summed E-state index contributed by atoms with van der Waals surface area (Å²) in [5.41, 5.74) is 7.25. The van der Waals surface area contributed by atoms with E-state index in [1.54, 1.807) is 7.11 Å². The van der Waals surface area contributed by atoms with Gasteiger partial charge >= 0.3 is 0 Å². The Morgan fingerprint density at radius 3 is 2.96 bits per heavy atom. The quantitative estimate of drug-likeness (QED) is 0.558. The number of aliphatic imine (C=N–C) groups is 1. The molecule has 1 aromatic rings. The monoisotopic (exact) mass is 332 g/mol. The number of fused-ring (bicyclic) bond motifs is 1. The van der Waals surface area contributed by atoms with Crippen LogP contribution in [-0.4, -0.2) is 56.9 Å². The van der Waals surface area contributed by atoms with Gasteiger partial charge in [0.25, 0.3) is 0 Å². The van der Waals surface area contributed by atoms with Crippen LogP contribution in [-0.2, 0) is 4.74 Å². The molecule has 3 rings (SSSR count). The van der Waals surface area contributed by atoms with Crippen molar-refractivity contribution < 1.29 is 9.47 Å². The van der Waals surface area contributed by atoms with Gasteiger partial charge in [-0.1, -0.05) is 18.2 Å². The van der Waals surface area contributed by atoms with Crippen LogP contribution in [0.5, 0.6) is 5.75 Å². The van der Waals surface area contributed by atoms with Gasteiger partial charge < -0.3 is 20.5 Å². The summed E-state index contributed by atoms with van der Waals surface area (Å²) in [6.45, 7) is 4.09. The minimum atomic E-state index is 0.173. The zero-order valence-corrected chi connectivity index (χ0v) is 14.4. The van der Waals surface area contributed by atoms with Gasteiger partial charge in [-0.3, -0.25) is 9.89 Å². The van der Waals surface area contributed by atoms with Gasteiger partial charge in [0.15, 0.2) is 5.96 Å². The summed E-state index contributed by atoms with van der Waals surface area (Å²) >= 11 is 0. The molecule has 1 aliphatic carbocycles. The minimum Gasteiger partial charge on any atom is -0.493 e. The van der Waals surface area contributed by atoms with Gasteiger partial charge in [0.05, 0.1) is 25.8 Å². The third-order valence-corrected chi connectivity index (χ3v) is 4.60. The van der Waals surface area contributed by atoms with E-state index < -0.39 is 0 Å². The van der Waals surface area contributed by atoms with Crippen molar-refractivity contribution >= 4 is 5.96 Å².